The van der Waals surface area contributed by atoms with E-state index in [1.807, 2.05) is 42.5 Å². The van der Waals surface area contributed by atoms with Crippen LogP contribution in [0.15, 0.2) is 102 Å². The van der Waals surface area contributed by atoms with Crippen molar-refractivity contribution < 1.29 is 13.2 Å². The van der Waals surface area contributed by atoms with Crippen LogP contribution in [-0.4, -0.2) is 20.2 Å². The lowest BCUT2D eigenvalue weighted by molar-refractivity contribution is 0.102. The fourth-order valence-electron chi connectivity index (χ4n) is 3.81. The van der Waals surface area contributed by atoms with Crippen molar-refractivity contribution in [2.75, 3.05) is 5.32 Å². The van der Waals surface area contributed by atoms with Crippen molar-refractivity contribution in [2.45, 2.75) is 11.3 Å². The second-order valence-corrected chi connectivity index (χ2v) is 9.55. The highest BCUT2D eigenvalue weighted by Gasteiger charge is 2.15. The second kappa shape index (κ2) is 9.92. The molecule has 0 saturated carbocycles. The molecule has 176 valence electrons. The van der Waals surface area contributed by atoms with Gasteiger partial charge in [-0.3, -0.25) is 10.2 Å². The Morgan fingerprint density at radius 1 is 0.829 bits per heavy atom. The first-order chi connectivity index (χ1) is 16.7. The van der Waals surface area contributed by atoms with Gasteiger partial charge in [-0.05, 0) is 53.4 Å². The van der Waals surface area contributed by atoms with Crippen LogP contribution < -0.4 is 16.2 Å². The van der Waals surface area contributed by atoms with Gasteiger partial charge in [0.25, 0.3) is 5.91 Å². The third kappa shape index (κ3) is 5.63. The SMILES string of the molecule is N=C(N)c1cccc(Cc2ccccc2NC(=O)c2ccc(-c3ccccc3S(N)(=O)=O)cc2)c1. The van der Waals surface area contributed by atoms with Gasteiger partial charge in [-0.15, -0.1) is 0 Å². The zero-order chi connectivity index (χ0) is 25.0. The first kappa shape index (κ1) is 23.9. The zero-order valence-electron chi connectivity index (χ0n) is 18.7. The lowest BCUT2D eigenvalue weighted by atomic mass is 10.0. The van der Waals surface area contributed by atoms with Gasteiger partial charge in [0.15, 0.2) is 0 Å². The molecule has 0 heterocycles. The Bertz CT molecular complexity index is 1510. The molecule has 0 aliphatic rings. The van der Waals surface area contributed by atoms with E-state index in [4.69, 9.17) is 16.3 Å². The molecule has 0 unspecified atom stereocenters. The number of carbonyl (C=O) groups excluding carboxylic acids is 1. The summed E-state index contributed by atoms with van der Waals surface area (Å²) in [6.45, 7) is 0. The summed E-state index contributed by atoms with van der Waals surface area (Å²) >= 11 is 0. The van der Waals surface area contributed by atoms with E-state index in [0.717, 1.165) is 11.1 Å². The number of para-hydroxylation sites is 1. The molecule has 0 spiro atoms. The number of sulfonamides is 1. The van der Waals surface area contributed by atoms with Crippen LogP contribution in [-0.2, 0) is 16.4 Å². The smallest absolute Gasteiger partial charge is 0.255 e. The molecule has 0 aliphatic heterocycles. The van der Waals surface area contributed by atoms with E-state index in [2.05, 4.69) is 5.32 Å². The molecule has 0 saturated heterocycles. The normalized spacial score (nSPS) is 11.1. The van der Waals surface area contributed by atoms with E-state index in [1.54, 1.807) is 48.5 Å². The van der Waals surface area contributed by atoms with Gasteiger partial charge in [0.05, 0.1) is 4.90 Å². The Morgan fingerprint density at radius 2 is 1.51 bits per heavy atom. The van der Waals surface area contributed by atoms with Crippen molar-refractivity contribution in [1.29, 1.82) is 5.41 Å². The fourth-order valence-corrected chi connectivity index (χ4v) is 4.57. The predicted octanol–water partition coefficient (Wildman–Crippen LogP) is 4.13. The average Bonchev–Trinajstić information content (AvgIpc) is 2.85. The van der Waals surface area contributed by atoms with Gasteiger partial charge in [0.1, 0.15) is 5.84 Å². The minimum absolute atomic E-state index is 0.00331. The third-order valence-corrected chi connectivity index (χ3v) is 6.52. The highest BCUT2D eigenvalue weighted by molar-refractivity contribution is 7.89. The molecule has 0 aromatic heterocycles. The number of rotatable bonds is 7. The number of amides is 1. The van der Waals surface area contributed by atoms with Crippen molar-refractivity contribution >= 4 is 27.5 Å². The van der Waals surface area contributed by atoms with Gasteiger partial charge in [-0.25, -0.2) is 13.6 Å². The lowest BCUT2D eigenvalue weighted by Crippen LogP contribution is -2.14. The number of benzene rings is 4. The molecule has 0 aliphatic carbocycles. The maximum Gasteiger partial charge on any atom is 0.255 e. The summed E-state index contributed by atoms with van der Waals surface area (Å²) in [5, 5.41) is 15.9. The summed E-state index contributed by atoms with van der Waals surface area (Å²) < 4.78 is 23.8. The number of nitrogen functional groups attached to an aromatic ring is 1. The van der Waals surface area contributed by atoms with Gasteiger partial charge in [-0.2, -0.15) is 0 Å². The lowest BCUT2D eigenvalue weighted by Gasteiger charge is -2.13. The maximum absolute atomic E-state index is 13.0. The zero-order valence-corrected chi connectivity index (χ0v) is 19.5. The molecule has 4 aromatic carbocycles. The molecule has 1 amide bonds. The molecule has 4 rings (SSSR count). The Labute approximate surface area is 204 Å². The molecule has 4 aromatic rings. The highest BCUT2D eigenvalue weighted by Crippen LogP contribution is 2.27. The first-order valence-corrected chi connectivity index (χ1v) is 12.3. The van der Waals surface area contributed by atoms with Gasteiger partial charge >= 0.3 is 0 Å². The van der Waals surface area contributed by atoms with Crippen molar-refractivity contribution in [3.05, 3.63) is 119 Å². The molecule has 0 atom stereocenters. The van der Waals surface area contributed by atoms with Crippen molar-refractivity contribution in [3.8, 4) is 11.1 Å². The summed E-state index contributed by atoms with van der Waals surface area (Å²) in [5.41, 5.74) is 10.3. The third-order valence-electron chi connectivity index (χ3n) is 5.55. The minimum Gasteiger partial charge on any atom is -0.384 e. The van der Waals surface area contributed by atoms with E-state index in [1.165, 1.54) is 6.07 Å². The van der Waals surface area contributed by atoms with E-state index in [-0.39, 0.29) is 16.6 Å². The summed E-state index contributed by atoms with van der Waals surface area (Å²) in [6.07, 6.45) is 0.556. The topological polar surface area (TPSA) is 139 Å². The Morgan fingerprint density at radius 3 is 2.23 bits per heavy atom. The van der Waals surface area contributed by atoms with Crippen LogP contribution in [0.2, 0.25) is 0 Å². The van der Waals surface area contributed by atoms with Gasteiger partial charge < -0.3 is 11.1 Å². The van der Waals surface area contributed by atoms with E-state index in [9.17, 15) is 13.2 Å². The Balaban J connectivity index is 1.55. The molecule has 0 bridgehead atoms. The molecule has 0 radical (unpaired) electrons. The number of anilines is 1. The van der Waals surface area contributed by atoms with Gasteiger partial charge in [0.2, 0.25) is 10.0 Å². The molecule has 8 heteroatoms. The van der Waals surface area contributed by atoms with Crippen LogP contribution in [0.4, 0.5) is 5.69 Å². The maximum atomic E-state index is 13.0. The average molecular weight is 485 g/mol. The largest absolute Gasteiger partial charge is 0.384 e. The molecular weight excluding hydrogens is 460 g/mol. The predicted molar refractivity (Wildman–Crippen MR) is 138 cm³/mol. The monoisotopic (exact) mass is 484 g/mol. The van der Waals surface area contributed by atoms with Gasteiger partial charge in [-0.1, -0.05) is 66.7 Å². The van der Waals surface area contributed by atoms with E-state index >= 15 is 0 Å². The second-order valence-electron chi connectivity index (χ2n) is 8.02. The summed E-state index contributed by atoms with van der Waals surface area (Å²) in [4.78, 5) is 13.0. The molecular formula is C27H24N4O3S. The van der Waals surface area contributed by atoms with Crippen LogP contribution in [0.1, 0.15) is 27.0 Å². The molecule has 7 nitrogen and oxygen atoms in total. The number of nitrogens with two attached hydrogens (primary N) is 2. The van der Waals surface area contributed by atoms with Crippen molar-refractivity contribution in [3.63, 3.8) is 0 Å². The number of hydrogen-bond acceptors (Lipinski definition) is 4. The molecule has 35 heavy (non-hydrogen) atoms. The van der Waals surface area contributed by atoms with Crippen LogP contribution in [0.3, 0.4) is 0 Å². The van der Waals surface area contributed by atoms with Crippen LogP contribution in [0, 0.1) is 5.41 Å². The van der Waals surface area contributed by atoms with Crippen LogP contribution >= 0.6 is 0 Å². The van der Waals surface area contributed by atoms with Crippen molar-refractivity contribution in [2.24, 2.45) is 10.9 Å². The van der Waals surface area contributed by atoms with E-state index < -0.39 is 10.0 Å². The summed E-state index contributed by atoms with van der Waals surface area (Å²) in [7, 11) is -3.88. The standard InChI is InChI=1S/C27H24N4O3S/c28-26(29)22-8-5-6-18(17-22)16-21-7-1-3-10-24(21)31-27(32)20-14-12-19(13-15-20)23-9-2-4-11-25(23)35(30,33)34/h1-15,17H,16H2,(H3,28,29)(H,31,32)(H2,30,33,34). The molecule has 6 N–H and O–H groups in total. The van der Waals surface area contributed by atoms with E-state index in [0.29, 0.717) is 34.4 Å². The highest BCUT2D eigenvalue weighted by atomic mass is 32.2. The quantitative estimate of drug-likeness (QED) is 0.231. The summed E-state index contributed by atoms with van der Waals surface area (Å²) in [5.74, 6) is -0.287. The Kier molecular flexibility index (Phi) is 6.77. The van der Waals surface area contributed by atoms with Crippen LogP contribution in [0.25, 0.3) is 11.1 Å². The number of primary sulfonamides is 1. The molecule has 0 fully saturated rings. The number of amidine groups is 1. The van der Waals surface area contributed by atoms with Crippen LogP contribution in [0.5, 0.6) is 0 Å². The minimum atomic E-state index is -3.88. The number of carbonyl (C=O) groups is 1. The summed E-state index contributed by atoms with van der Waals surface area (Å²) in [6, 6.07) is 28.1. The Hall–Kier alpha value is -4.27. The van der Waals surface area contributed by atoms with Crippen molar-refractivity contribution in [1.82, 2.24) is 0 Å². The number of hydrogen-bond donors (Lipinski definition) is 4. The van der Waals surface area contributed by atoms with Gasteiger partial charge in [0, 0.05) is 22.4 Å². The fraction of sp³-hybridized carbons (Fsp3) is 0.0370. The first-order valence-electron chi connectivity index (χ1n) is 10.8. The number of nitrogens with one attached hydrogen (secondary N) is 2.